The Balaban J connectivity index is 1.72. The molecule has 28 heavy (non-hydrogen) atoms. The van der Waals surface area contributed by atoms with Crippen LogP contribution in [0.5, 0.6) is 0 Å². The number of Topliss-reactive ketones (excluding diaryl/α,β-unsaturated/α-hetero) is 1. The number of anilines is 1. The number of halogens is 1. The maximum absolute atomic E-state index is 13.3. The van der Waals surface area contributed by atoms with Crippen molar-refractivity contribution in [3.05, 3.63) is 86.6 Å². The highest BCUT2D eigenvalue weighted by molar-refractivity contribution is 7.14. The molecule has 3 aromatic rings. The molecule has 4 rings (SSSR count). The van der Waals surface area contributed by atoms with Crippen LogP contribution in [-0.4, -0.2) is 16.8 Å². The van der Waals surface area contributed by atoms with E-state index in [1.807, 2.05) is 43.3 Å². The Bertz CT molecular complexity index is 1060. The van der Waals surface area contributed by atoms with Crippen LogP contribution in [0.15, 0.2) is 60.7 Å². The highest BCUT2D eigenvalue weighted by Gasteiger charge is 2.51. The predicted octanol–water partition coefficient (Wildman–Crippen LogP) is 4.72. The van der Waals surface area contributed by atoms with Crippen molar-refractivity contribution in [2.45, 2.75) is 25.5 Å². The van der Waals surface area contributed by atoms with Gasteiger partial charge in [-0.05, 0) is 42.8 Å². The molecule has 1 aliphatic heterocycles. The molecule has 142 valence electrons. The monoisotopic (exact) mass is 411 g/mol. The largest absolute Gasteiger partial charge is 0.375 e. The molecule has 0 radical (unpaired) electrons. The average Bonchev–Trinajstić information content (AvgIpc) is 3.19. The van der Waals surface area contributed by atoms with Gasteiger partial charge in [0.15, 0.2) is 11.4 Å². The zero-order valence-electron chi connectivity index (χ0n) is 15.2. The van der Waals surface area contributed by atoms with Crippen LogP contribution in [0.1, 0.15) is 32.1 Å². The van der Waals surface area contributed by atoms with E-state index in [4.69, 9.17) is 11.6 Å². The van der Waals surface area contributed by atoms with Crippen molar-refractivity contribution in [2.24, 2.45) is 0 Å². The fraction of sp³-hybridized carbons (Fsp3) is 0.182. The molecule has 0 saturated heterocycles. The van der Waals surface area contributed by atoms with Gasteiger partial charge in [0.1, 0.15) is 0 Å². The maximum atomic E-state index is 13.3. The number of fused-ring (bicyclic) bond motifs is 1. The third-order valence-electron chi connectivity index (χ3n) is 4.91. The standard InChI is InChI=1S/C22H18ClNO3S/c1-14-7-10-20(28-14)19(25)12-22(27)17-11-16(23)8-9-18(17)24(21(22)26)13-15-5-3-2-4-6-15/h2-11,27H,12-13H2,1H3. The predicted molar refractivity (Wildman–Crippen MR) is 111 cm³/mol. The molecule has 1 aliphatic rings. The molecule has 1 N–H and O–H groups in total. The van der Waals surface area contributed by atoms with Gasteiger partial charge in [-0.25, -0.2) is 0 Å². The first-order chi connectivity index (χ1) is 13.4. The van der Waals surface area contributed by atoms with Crippen molar-refractivity contribution in [1.29, 1.82) is 0 Å². The number of aryl methyl sites for hydroxylation is 1. The number of thiophene rings is 1. The molecule has 1 atom stereocenters. The van der Waals surface area contributed by atoms with Gasteiger partial charge < -0.3 is 10.0 Å². The van der Waals surface area contributed by atoms with Crippen LogP contribution in [0.4, 0.5) is 5.69 Å². The third-order valence-corrected chi connectivity index (χ3v) is 6.19. The van der Waals surface area contributed by atoms with E-state index in [0.29, 0.717) is 27.7 Å². The quantitative estimate of drug-likeness (QED) is 0.618. The second-order valence-electron chi connectivity index (χ2n) is 6.91. The van der Waals surface area contributed by atoms with Gasteiger partial charge in [0, 0.05) is 15.5 Å². The summed E-state index contributed by atoms with van der Waals surface area (Å²) in [4.78, 5) is 29.1. The van der Waals surface area contributed by atoms with Gasteiger partial charge in [-0.3, -0.25) is 9.59 Å². The van der Waals surface area contributed by atoms with Crippen molar-refractivity contribution in [3.63, 3.8) is 0 Å². The second kappa shape index (κ2) is 7.17. The van der Waals surface area contributed by atoms with Gasteiger partial charge >= 0.3 is 0 Å². The van der Waals surface area contributed by atoms with E-state index in [2.05, 4.69) is 0 Å². The second-order valence-corrected chi connectivity index (χ2v) is 8.63. The van der Waals surface area contributed by atoms with Gasteiger partial charge in [-0.15, -0.1) is 11.3 Å². The van der Waals surface area contributed by atoms with Gasteiger partial charge in [0.25, 0.3) is 5.91 Å². The number of carbonyl (C=O) groups is 2. The van der Waals surface area contributed by atoms with Gasteiger partial charge in [0.05, 0.1) is 23.5 Å². The van der Waals surface area contributed by atoms with Crippen LogP contribution in [0.25, 0.3) is 0 Å². The summed E-state index contributed by atoms with van der Waals surface area (Å²) < 4.78 is 0. The van der Waals surface area contributed by atoms with Gasteiger partial charge in [-0.1, -0.05) is 41.9 Å². The molecule has 4 nitrogen and oxygen atoms in total. The molecule has 2 heterocycles. The molecule has 0 bridgehead atoms. The number of hydrogen-bond acceptors (Lipinski definition) is 4. The van der Waals surface area contributed by atoms with Gasteiger partial charge in [-0.2, -0.15) is 0 Å². The van der Waals surface area contributed by atoms with E-state index < -0.39 is 11.5 Å². The Morgan fingerprint density at radius 2 is 1.89 bits per heavy atom. The van der Waals surface area contributed by atoms with E-state index in [9.17, 15) is 14.7 Å². The Labute approximate surface area is 172 Å². The topological polar surface area (TPSA) is 57.6 Å². The molecule has 0 saturated carbocycles. The lowest BCUT2D eigenvalue weighted by molar-refractivity contribution is -0.136. The summed E-state index contributed by atoms with van der Waals surface area (Å²) in [5, 5.41) is 11.8. The van der Waals surface area contributed by atoms with Crippen LogP contribution >= 0.6 is 22.9 Å². The summed E-state index contributed by atoms with van der Waals surface area (Å²) in [5.74, 6) is -0.767. The van der Waals surface area contributed by atoms with Crippen molar-refractivity contribution in [3.8, 4) is 0 Å². The molecule has 0 aliphatic carbocycles. The first-order valence-corrected chi connectivity index (χ1v) is 10.1. The number of benzene rings is 2. The fourth-order valence-electron chi connectivity index (χ4n) is 3.52. The van der Waals surface area contributed by atoms with E-state index in [0.717, 1.165) is 10.4 Å². The molecule has 1 aromatic heterocycles. The highest BCUT2D eigenvalue weighted by atomic mass is 35.5. The Morgan fingerprint density at radius 3 is 2.57 bits per heavy atom. The summed E-state index contributed by atoms with van der Waals surface area (Å²) in [7, 11) is 0. The minimum atomic E-state index is -1.93. The minimum Gasteiger partial charge on any atom is -0.375 e. The van der Waals surface area contributed by atoms with E-state index >= 15 is 0 Å². The summed E-state index contributed by atoms with van der Waals surface area (Å²) >= 11 is 7.49. The normalized spacial score (nSPS) is 18.4. The lowest BCUT2D eigenvalue weighted by Crippen LogP contribution is -2.41. The van der Waals surface area contributed by atoms with Crippen molar-refractivity contribution in [1.82, 2.24) is 0 Å². The van der Waals surface area contributed by atoms with Crippen LogP contribution < -0.4 is 4.90 Å². The van der Waals surface area contributed by atoms with Crippen molar-refractivity contribution in [2.75, 3.05) is 4.90 Å². The summed E-state index contributed by atoms with van der Waals surface area (Å²) in [6.45, 7) is 2.22. The van der Waals surface area contributed by atoms with Gasteiger partial charge in [0.2, 0.25) is 0 Å². The fourth-order valence-corrected chi connectivity index (χ4v) is 4.50. The summed E-state index contributed by atoms with van der Waals surface area (Å²) in [6, 6.07) is 18.1. The molecule has 2 aromatic carbocycles. The molecular formula is C22H18ClNO3S. The SMILES string of the molecule is Cc1ccc(C(=O)CC2(O)C(=O)N(Cc3ccccc3)c3ccc(Cl)cc32)s1. The number of carbonyl (C=O) groups excluding carboxylic acids is 2. The molecule has 6 heteroatoms. The van der Waals surface area contributed by atoms with Crippen LogP contribution in [0, 0.1) is 6.92 Å². The zero-order chi connectivity index (χ0) is 19.9. The van der Waals surface area contributed by atoms with Crippen LogP contribution in [-0.2, 0) is 16.9 Å². The molecular weight excluding hydrogens is 394 g/mol. The number of aliphatic hydroxyl groups is 1. The van der Waals surface area contributed by atoms with Crippen molar-refractivity contribution >= 4 is 40.3 Å². The number of hydrogen-bond donors (Lipinski definition) is 1. The first-order valence-electron chi connectivity index (χ1n) is 8.86. The van der Waals surface area contributed by atoms with E-state index in [-0.39, 0.29) is 12.2 Å². The third kappa shape index (κ3) is 3.26. The smallest absolute Gasteiger partial charge is 0.264 e. The number of ketones is 1. The van der Waals surface area contributed by atoms with Crippen LogP contribution in [0.2, 0.25) is 5.02 Å². The molecule has 0 spiro atoms. The lowest BCUT2D eigenvalue weighted by atomic mass is 9.89. The Hall–Kier alpha value is -2.47. The maximum Gasteiger partial charge on any atom is 0.264 e. The van der Waals surface area contributed by atoms with Crippen LogP contribution in [0.3, 0.4) is 0 Å². The van der Waals surface area contributed by atoms with E-state index in [1.54, 1.807) is 24.3 Å². The number of nitrogens with zero attached hydrogens (tertiary/aromatic N) is 1. The van der Waals surface area contributed by atoms with Crippen molar-refractivity contribution < 1.29 is 14.7 Å². The first kappa shape index (κ1) is 18.9. The van der Waals surface area contributed by atoms with E-state index in [1.165, 1.54) is 16.2 Å². The summed E-state index contributed by atoms with van der Waals surface area (Å²) in [5.41, 5.74) is -0.0380. The number of rotatable bonds is 5. The highest BCUT2D eigenvalue weighted by Crippen LogP contribution is 2.45. The lowest BCUT2D eigenvalue weighted by Gasteiger charge is -2.22. The Morgan fingerprint density at radius 1 is 1.14 bits per heavy atom. The minimum absolute atomic E-state index is 0.263. The Kier molecular flexibility index (Phi) is 4.83. The number of amides is 1. The molecule has 1 unspecified atom stereocenters. The average molecular weight is 412 g/mol. The molecule has 1 amide bonds. The molecule has 0 fully saturated rings. The summed E-state index contributed by atoms with van der Waals surface area (Å²) in [6.07, 6.45) is -0.315. The zero-order valence-corrected chi connectivity index (χ0v) is 16.8.